The highest BCUT2D eigenvalue weighted by molar-refractivity contribution is 7.91. The Bertz CT molecular complexity index is 860. The lowest BCUT2D eigenvalue weighted by molar-refractivity contribution is -0.120. The topological polar surface area (TPSA) is 81.7 Å². The maximum atomic E-state index is 12.3. The number of hydrogen-bond donors (Lipinski definition) is 1. The van der Waals surface area contributed by atoms with Gasteiger partial charge in [0.15, 0.2) is 21.3 Å². The lowest BCUT2D eigenvalue weighted by Gasteiger charge is -2.10. The van der Waals surface area contributed by atoms with Crippen LogP contribution in [0.25, 0.3) is 0 Å². The van der Waals surface area contributed by atoms with Crippen molar-refractivity contribution in [2.45, 2.75) is 24.8 Å². The summed E-state index contributed by atoms with van der Waals surface area (Å²) in [6.07, 6.45) is -0.0938. The van der Waals surface area contributed by atoms with Crippen LogP contribution in [-0.4, -0.2) is 34.3 Å². The van der Waals surface area contributed by atoms with Gasteiger partial charge in [0, 0.05) is 13.0 Å². The van der Waals surface area contributed by atoms with E-state index in [4.69, 9.17) is 9.47 Å². The van der Waals surface area contributed by atoms with E-state index in [1.54, 1.807) is 43.5 Å². The number of nitrogens with one attached hydrogen (secondary N) is 1. The molecule has 0 heterocycles. The Morgan fingerprint density at radius 1 is 1.00 bits per heavy atom. The zero-order valence-electron chi connectivity index (χ0n) is 15.1. The third kappa shape index (κ3) is 5.23. The van der Waals surface area contributed by atoms with Crippen LogP contribution in [0, 0.1) is 6.92 Å². The van der Waals surface area contributed by atoms with E-state index in [1.165, 1.54) is 7.11 Å². The molecule has 0 saturated heterocycles. The normalized spacial score (nSPS) is 11.0. The number of benzene rings is 2. The van der Waals surface area contributed by atoms with Crippen molar-refractivity contribution in [1.29, 1.82) is 0 Å². The third-order valence-electron chi connectivity index (χ3n) is 3.92. The largest absolute Gasteiger partial charge is 0.493 e. The molecule has 0 atom stereocenters. The van der Waals surface area contributed by atoms with Gasteiger partial charge >= 0.3 is 0 Å². The first-order valence-corrected chi connectivity index (χ1v) is 9.78. The fourth-order valence-corrected chi connectivity index (χ4v) is 3.61. The van der Waals surface area contributed by atoms with E-state index < -0.39 is 9.84 Å². The maximum Gasteiger partial charge on any atom is 0.221 e. The smallest absolute Gasteiger partial charge is 0.221 e. The Hall–Kier alpha value is -2.54. The number of hydrogen-bond acceptors (Lipinski definition) is 5. The minimum atomic E-state index is -3.47. The van der Waals surface area contributed by atoms with Gasteiger partial charge in [0.25, 0.3) is 0 Å². The molecule has 2 aromatic rings. The Kier molecular flexibility index (Phi) is 6.63. The van der Waals surface area contributed by atoms with Crippen LogP contribution in [0.2, 0.25) is 0 Å². The van der Waals surface area contributed by atoms with Crippen LogP contribution in [0.1, 0.15) is 17.5 Å². The number of sulfone groups is 1. The van der Waals surface area contributed by atoms with Crippen LogP contribution in [0.4, 0.5) is 0 Å². The predicted molar refractivity (Wildman–Crippen MR) is 99.2 cm³/mol. The van der Waals surface area contributed by atoms with Crippen molar-refractivity contribution in [1.82, 2.24) is 5.32 Å². The maximum absolute atomic E-state index is 12.3. The molecule has 26 heavy (non-hydrogen) atoms. The van der Waals surface area contributed by atoms with Gasteiger partial charge in [-0.15, -0.1) is 0 Å². The highest BCUT2D eigenvalue weighted by Gasteiger charge is 2.16. The van der Waals surface area contributed by atoms with Crippen LogP contribution >= 0.6 is 0 Å². The second-order valence-corrected chi connectivity index (χ2v) is 7.96. The van der Waals surface area contributed by atoms with E-state index in [1.807, 2.05) is 13.0 Å². The molecule has 0 aromatic heterocycles. The van der Waals surface area contributed by atoms with Gasteiger partial charge in [0.2, 0.25) is 5.91 Å². The van der Waals surface area contributed by atoms with Crippen molar-refractivity contribution in [3.05, 3.63) is 53.6 Å². The monoisotopic (exact) mass is 377 g/mol. The number of ether oxygens (including phenoxy) is 2. The van der Waals surface area contributed by atoms with Crippen LogP contribution in [0.3, 0.4) is 0 Å². The summed E-state index contributed by atoms with van der Waals surface area (Å²) in [5.74, 6) is 0.622. The summed E-state index contributed by atoms with van der Waals surface area (Å²) in [4.78, 5) is 12.2. The first-order valence-electron chi connectivity index (χ1n) is 8.13. The van der Waals surface area contributed by atoms with Gasteiger partial charge < -0.3 is 14.8 Å². The molecule has 0 saturated carbocycles. The van der Waals surface area contributed by atoms with Gasteiger partial charge in [-0.05, 0) is 36.8 Å². The van der Waals surface area contributed by atoms with Crippen LogP contribution in [0.5, 0.6) is 11.5 Å². The molecule has 0 unspecified atom stereocenters. The zero-order valence-corrected chi connectivity index (χ0v) is 15.9. The Labute approximate surface area is 154 Å². The van der Waals surface area contributed by atoms with Crippen molar-refractivity contribution in [2.24, 2.45) is 0 Å². The average Bonchev–Trinajstić information content (AvgIpc) is 2.64. The molecule has 7 heteroatoms. The lowest BCUT2D eigenvalue weighted by atomic mass is 10.2. The Morgan fingerprint density at radius 2 is 1.65 bits per heavy atom. The molecule has 0 radical (unpaired) electrons. The molecule has 1 amide bonds. The number of methoxy groups -OCH3 is 2. The second kappa shape index (κ2) is 8.71. The van der Waals surface area contributed by atoms with Crippen LogP contribution < -0.4 is 14.8 Å². The molecule has 140 valence electrons. The highest BCUT2D eigenvalue weighted by Crippen LogP contribution is 2.27. The third-order valence-corrected chi connectivity index (χ3v) is 5.65. The predicted octanol–water partition coefficient (Wildman–Crippen LogP) is 2.49. The van der Waals surface area contributed by atoms with Gasteiger partial charge in [-0.3, -0.25) is 4.79 Å². The second-order valence-electron chi connectivity index (χ2n) is 5.85. The average molecular weight is 377 g/mol. The van der Waals surface area contributed by atoms with Gasteiger partial charge in [0.1, 0.15) is 0 Å². The summed E-state index contributed by atoms with van der Waals surface area (Å²) in [5, 5.41) is 2.72. The van der Waals surface area contributed by atoms with Crippen molar-refractivity contribution >= 4 is 15.7 Å². The quantitative estimate of drug-likeness (QED) is 0.764. The van der Waals surface area contributed by atoms with E-state index in [0.29, 0.717) is 11.5 Å². The molecule has 2 aromatic carbocycles. The number of rotatable bonds is 8. The summed E-state index contributed by atoms with van der Waals surface area (Å²) in [5.41, 5.74) is 1.81. The first-order chi connectivity index (χ1) is 12.4. The minimum absolute atomic E-state index is 0.0938. The molecular weight excluding hydrogens is 354 g/mol. The fraction of sp³-hybridized carbons (Fsp3) is 0.316. The molecule has 0 fully saturated rings. The molecule has 0 aliphatic rings. The first kappa shape index (κ1) is 19.8. The van der Waals surface area contributed by atoms with Crippen molar-refractivity contribution in [2.75, 3.05) is 20.0 Å². The summed E-state index contributed by atoms with van der Waals surface area (Å²) in [7, 11) is -0.385. The van der Waals surface area contributed by atoms with Crippen LogP contribution in [-0.2, 0) is 21.2 Å². The highest BCUT2D eigenvalue weighted by atomic mass is 32.2. The van der Waals surface area contributed by atoms with Gasteiger partial charge in [-0.1, -0.05) is 23.8 Å². The Balaban J connectivity index is 1.90. The van der Waals surface area contributed by atoms with E-state index in [-0.39, 0.29) is 29.5 Å². The van der Waals surface area contributed by atoms with Crippen LogP contribution in [0.15, 0.2) is 47.4 Å². The molecule has 6 nitrogen and oxygen atoms in total. The van der Waals surface area contributed by atoms with Gasteiger partial charge in [0.05, 0.1) is 24.9 Å². The summed E-state index contributed by atoms with van der Waals surface area (Å²) in [6, 6.07) is 11.9. The van der Waals surface area contributed by atoms with Crippen molar-refractivity contribution in [3.8, 4) is 11.5 Å². The standard InChI is InChI=1S/C19H23NO5S/c1-14-4-7-16(8-5-14)26(22,23)11-10-19(21)20-13-15-6-9-17(24-2)18(12-15)25-3/h4-9,12H,10-11,13H2,1-3H3,(H,20,21). The summed E-state index contributed by atoms with van der Waals surface area (Å²) < 4.78 is 34.9. The van der Waals surface area contributed by atoms with Crippen molar-refractivity contribution in [3.63, 3.8) is 0 Å². The number of aryl methyl sites for hydroxylation is 1. The van der Waals surface area contributed by atoms with Gasteiger partial charge in [-0.25, -0.2) is 8.42 Å². The van der Waals surface area contributed by atoms with E-state index in [9.17, 15) is 13.2 Å². The molecule has 0 spiro atoms. The SMILES string of the molecule is COc1ccc(CNC(=O)CCS(=O)(=O)c2ccc(C)cc2)cc1OC. The number of amides is 1. The fourth-order valence-electron chi connectivity index (χ4n) is 2.37. The molecule has 2 rings (SSSR count). The number of carbonyl (C=O) groups is 1. The lowest BCUT2D eigenvalue weighted by Crippen LogP contribution is -2.25. The molecule has 0 aliphatic heterocycles. The number of carbonyl (C=O) groups excluding carboxylic acids is 1. The Morgan fingerprint density at radius 3 is 2.27 bits per heavy atom. The van der Waals surface area contributed by atoms with E-state index >= 15 is 0 Å². The summed E-state index contributed by atoms with van der Waals surface area (Å²) in [6.45, 7) is 2.17. The summed E-state index contributed by atoms with van der Waals surface area (Å²) >= 11 is 0. The molecule has 0 aliphatic carbocycles. The van der Waals surface area contributed by atoms with E-state index in [0.717, 1.165) is 11.1 Å². The molecule has 1 N–H and O–H groups in total. The molecular formula is C19H23NO5S. The molecule has 0 bridgehead atoms. The minimum Gasteiger partial charge on any atom is -0.493 e. The van der Waals surface area contributed by atoms with Crippen molar-refractivity contribution < 1.29 is 22.7 Å². The van der Waals surface area contributed by atoms with Gasteiger partial charge in [-0.2, -0.15) is 0 Å². The van der Waals surface area contributed by atoms with E-state index in [2.05, 4.69) is 5.32 Å². The zero-order chi connectivity index (χ0) is 19.2.